The zero-order chi connectivity index (χ0) is 17.8. The van der Waals surface area contributed by atoms with Gasteiger partial charge in [0.15, 0.2) is 11.0 Å². The Labute approximate surface area is 150 Å². The maximum atomic E-state index is 12.3. The van der Waals surface area contributed by atoms with Crippen molar-refractivity contribution in [1.82, 2.24) is 15.1 Å². The number of aryl methyl sites for hydroxylation is 2. The second kappa shape index (κ2) is 7.57. The lowest BCUT2D eigenvalue weighted by Crippen LogP contribution is -2.22. The number of aromatic nitrogens is 3. The highest BCUT2D eigenvalue weighted by molar-refractivity contribution is 8.00. The Kier molecular flexibility index (Phi) is 5.23. The Morgan fingerprint density at radius 1 is 1.32 bits per heavy atom. The Hall–Kier alpha value is -2.54. The van der Waals surface area contributed by atoms with Crippen molar-refractivity contribution in [3.63, 3.8) is 0 Å². The number of nitrogens with zero attached hydrogens (tertiary/aromatic N) is 2. The molecule has 2 N–H and O–H groups in total. The Balaban J connectivity index is 1.62. The SMILES string of the molecule is Cc1cc(NC(=O)[C@H](C)Sc2nc(Cc3ccccc3)c(C)[nH]2)no1. The first-order valence-corrected chi connectivity index (χ1v) is 8.89. The minimum atomic E-state index is -0.313. The fourth-order valence-corrected chi connectivity index (χ4v) is 3.23. The molecule has 0 radical (unpaired) electrons. The number of anilines is 1. The molecule has 2 aromatic heterocycles. The molecule has 1 atom stereocenters. The van der Waals surface area contributed by atoms with Crippen molar-refractivity contribution in [1.29, 1.82) is 0 Å². The average molecular weight is 356 g/mol. The van der Waals surface area contributed by atoms with E-state index in [1.54, 1.807) is 13.0 Å². The van der Waals surface area contributed by atoms with Gasteiger partial charge in [-0.2, -0.15) is 0 Å². The van der Waals surface area contributed by atoms with Crippen LogP contribution in [0, 0.1) is 13.8 Å². The first-order chi connectivity index (χ1) is 12.0. The van der Waals surface area contributed by atoms with E-state index in [1.165, 1.54) is 17.3 Å². The molecule has 0 unspecified atom stereocenters. The largest absolute Gasteiger partial charge is 0.360 e. The van der Waals surface area contributed by atoms with Gasteiger partial charge in [-0.05, 0) is 26.3 Å². The molecule has 3 aromatic rings. The minimum absolute atomic E-state index is 0.142. The van der Waals surface area contributed by atoms with E-state index in [0.29, 0.717) is 11.6 Å². The van der Waals surface area contributed by atoms with Crippen LogP contribution in [0.15, 0.2) is 46.1 Å². The topological polar surface area (TPSA) is 83.8 Å². The monoisotopic (exact) mass is 356 g/mol. The molecule has 6 nitrogen and oxygen atoms in total. The molecule has 0 saturated carbocycles. The van der Waals surface area contributed by atoms with Gasteiger partial charge >= 0.3 is 0 Å². The van der Waals surface area contributed by atoms with Crippen LogP contribution in [0.1, 0.15) is 29.6 Å². The maximum absolute atomic E-state index is 12.3. The van der Waals surface area contributed by atoms with Gasteiger partial charge in [0.1, 0.15) is 5.76 Å². The fraction of sp³-hybridized carbons (Fsp3) is 0.278. The van der Waals surface area contributed by atoms with Crippen LogP contribution in [-0.2, 0) is 11.2 Å². The van der Waals surface area contributed by atoms with Gasteiger partial charge in [-0.15, -0.1) is 0 Å². The number of amides is 1. The molecule has 0 fully saturated rings. The maximum Gasteiger partial charge on any atom is 0.238 e. The summed E-state index contributed by atoms with van der Waals surface area (Å²) in [5.41, 5.74) is 3.22. The Morgan fingerprint density at radius 3 is 2.76 bits per heavy atom. The Morgan fingerprint density at radius 2 is 2.08 bits per heavy atom. The number of H-pyrrole nitrogens is 1. The number of nitrogens with one attached hydrogen (secondary N) is 2. The summed E-state index contributed by atoms with van der Waals surface area (Å²) in [4.78, 5) is 20.1. The van der Waals surface area contributed by atoms with Crippen molar-refractivity contribution >= 4 is 23.5 Å². The van der Waals surface area contributed by atoms with Crippen molar-refractivity contribution < 1.29 is 9.32 Å². The lowest BCUT2D eigenvalue weighted by molar-refractivity contribution is -0.115. The van der Waals surface area contributed by atoms with Crippen LogP contribution < -0.4 is 5.32 Å². The minimum Gasteiger partial charge on any atom is -0.360 e. The summed E-state index contributed by atoms with van der Waals surface area (Å²) in [6.45, 7) is 5.61. The van der Waals surface area contributed by atoms with Crippen LogP contribution in [0.3, 0.4) is 0 Å². The van der Waals surface area contributed by atoms with Crippen LogP contribution >= 0.6 is 11.8 Å². The number of hydrogen-bond acceptors (Lipinski definition) is 5. The molecule has 2 heterocycles. The molecule has 3 rings (SSSR count). The van der Waals surface area contributed by atoms with E-state index in [0.717, 1.165) is 23.0 Å². The van der Waals surface area contributed by atoms with Gasteiger partial charge in [0.05, 0.1) is 10.9 Å². The number of hydrogen-bond donors (Lipinski definition) is 2. The van der Waals surface area contributed by atoms with E-state index >= 15 is 0 Å². The predicted molar refractivity (Wildman–Crippen MR) is 97.8 cm³/mol. The molecular weight excluding hydrogens is 336 g/mol. The van der Waals surface area contributed by atoms with Gasteiger partial charge in [-0.25, -0.2) is 4.98 Å². The van der Waals surface area contributed by atoms with E-state index in [-0.39, 0.29) is 11.2 Å². The zero-order valence-corrected chi connectivity index (χ0v) is 15.2. The van der Waals surface area contributed by atoms with E-state index < -0.39 is 0 Å². The van der Waals surface area contributed by atoms with Crippen molar-refractivity contribution in [2.75, 3.05) is 5.32 Å². The molecule has 0 aliphatic carbocycles. The van der Waals surface area contributed by atoms with E-state index in [1.807, 2.05) is 32.0 Å². The molecule has 0 aliphatic rings. The van der Waals surface area contributed by atoms with E-state index in [2.05, 4.69) is 32.6 Å². The van der Waals surface area contributed by atoms with Crippen molar-refractivity contribution in [2.24, 2.45) is 0 Å². The standard InChI is InChI=1S/C18H20N4O2S/c1-11-9-16(22-24-11)21-17(23)13(3)25-18-19-12(2)15(20-18)10-14-7-5-4-6-8-14/h4-9,13H,10H2,1-3H3,(H,19,20)(H,21,22,23)/t13-/m0/s1. The number of imidazole rings is 1. The lowest BCUT2D eigenvalue weighted by Gasteiger charge is -2.08. The number of thioether (sulfide) groups is 1. The highest BCUT2D eigenvalue weighted by Crippen LogP contribution is 2.24. The Bertz CT molecular complexity index is 857. The molecule has 0 bridgehead atoms. The number of carbonyl (C=O) groups excluding carboxylic acids is 1. The lowest BCUT2D eigenvalue weighted by atomic mass is 10.1. The van der Waals surface area contributed by atoms with Gasteiger partial charge in [-0.1, -0.05) is 47.3 Å². The average Bonchev–Trinajstić information content (AvgIpc) is 3.14. The molecular formula is C18H20N4O2S. The van der Waals surface area contributed by atoms with Crippen LogP contribution in [0.5, 0.6) is 0 Å². The number of benzene rings is 1. The molecule has 0 spiro atoms. The quantitative estimate of drug-likeness (QED) is 0.658. The van der Waals surface area contributed by atoms with Gasteiger partial charge in [0.2, 0.25) is 5.91 Å². The van der Waals surface area contributed by atoms with Crippen molar-refractivity contribution in [2.45, 2.75) is 37.6 Å². The summed E-state index contributed by atoms with van der Waals surface area (Å²) >= 11 is 1.39. The number of carbonyl (C=O) groups is 1. The predicted octanol–water partition coefficient (Wildman–Crippen LogP) is 3.72. The molecule has 25 heavy (non-hydrogen) atoms. The first kappa shape index (κ1) is 17.3. The second-order valence-electron chi connectivity index (χ2n) is 5.85. The third-order valence-corrected chi connectivity index (χ3v) is 4.70. The third kappa shape index (κ3) is 4.51. The van der Waals surface area contributed by atoms with Crippen LogP contribution in [0.25, 0.3) is 0 Å². The normalized spacial score (nSPS) is 12.1. The van der Waals surface area contributed by atoms with Gasteiger partial charge in [0.25, 0.3) is 0 Å². The van der Waals surface area contributed by atoms with Gasteiger partial charge < -0.3 is 14.8 Å². The number of aromatic amines is 1. The summed E-state index contributed by atoms with van der Waals surface area (Å²) < 4.78 is 4.95. The number of rotatable bonds is 6. The molecule has 0 aliphatic heterocycles. The highest BCUT2D eigenvalue weighted by atomic mass is 32.2. The highest BCUT2D eigenvalue weighted by Gasteiger charge is 2.18. The van der Waals surface area contributed by atoms with Crippen molar-refractivity contribution in [3.8, 4) is 0 Å². The summed E-state index contributed by atoms with van der Waals surface area (Å²) in [6, 6.07) is 11.9. The summed E-state index contributed by atoms with van der Waals surface area (Å²) in [5, 5.41) is 6.93. The summed E-state index contributed by atoms with van der Waals surface area (Å²) in [5.74, 6) is 0.940. The first-order valence-electron chi connectivity index (χ1n) is 8.01. The molecule has 7 heteroatoms. The zero-order valence-electron chi connectivity index (χ0n) is 14.4. The smallest absolute Gasteiger partial charge is 0.238 e. The van der Waals surface area contributed by atoms with Crippen LogP contribution in [0.4, 0.5) is 5.82 Å². The van der Waals surface area contributed by atoms with Crippen LogP contribution in [-0.4, -0.2) is 26.3 Å². The van der Waals surface area contributed by atoms with Crippen LogP contribution in [0.2, 0.25) is 0 Å². The molecule has 1 amide bonds. The fourth-order valence-electron chi connectivity index (χ4n) is 2.36. The van der Waals surface area contributed by atoms with E-state index in [4.69, 9.17) is 4.52 Å². The third-order valence-electron chi connectivity index (χ3n) is 3.72. The molecule has 130 valence electrons. The van der Waals surface area contributed by atoms with Gasteiger partial charge in [0, 0.05) is 18.2 Å². The summed E-state index contributed by atoms with van der Waals surface area (Å²) in [7, 11) is 0. The van der Waals surface area contributed by atoms with Crippen molar-refractivity contribution in [3.05, 3.63) is 59.1 Å². The summed E-state index contributed by atoms with van der Waals surface area (Å²) in [6.07, 6.45) is 0.766. The van der Waals surface area contributed by atoms with E-state index in [9.17, 15) is 4.79 Å². The molecule has 0 saturated heterocycles. The second-order valence-corrected chi connectivity index (χ2v) is 7.18. The van der Waals surface area contributed by atoms with Gasteiger partial charge in [-0.3, -0.25) is 4.79 Å². The molecule has 1 aromatic carbocycles.